The van der Waals surface area contributed by atoms with E-state index in [0.29, 0.717) is 17.8 Å². The summed E-state index contributed by atoms with van der Waals surface area (Å²) in [6.07, 6.45) is 0.742. The molecule has 0 radical (unpaired) electrons. The highest BCUT2D eigenvalue weighted by molar-refractivity contribution is 7.92. The summed E-state index contributed by atoms with van der Waals surface area (Å²) in [4.78, 5) is 12.4. The Morgan fingerprint density at radius 3 is 2.18 bits per heavy atom. The van der Waals surface area contributed by atoms with Crippen LogP contribution in [-0.2, 0) is 16.4 Å². The third-order valence-corrected chi connectivity index (χ3v) is 5.79. The van der Waals surface area contributed by atoms with Crippen molar-refractivity contribution >= 4 is 21.6 Å². The highest BCUT2D eigenvalue weighted by Crippen LogP contribution is 2.16. The SMILES string of the molecule is Cc1ccccc1CCNC(=O)c1ccc(S(=O)(=O)Nc2ccccc2)cc1. The number of carbonyl (C=O) groups is 1. The lowest BCUT2D eigenvalue weighted by Gasteiger charge is -2.10. The fraction of sp³-hybridized carbons (Fsp3) is 0.136. The van der Waals surface area contributed by atoms with E-state index in [1.807, 2.05) is 37.3 Å². The third kappa shape index (κ3) is 4.98. The van der Waals surface area contributed by atoms with Crippen LogP contribution in [0.25, 0.3) is 0 Å². The minimum Gasteiger partial charge on any atom is -0.352 e. The average molecular weight is 394 g/mol. The zero-order valence-electron chi connectivity index (χ0n) is 15.6. The zero-order valence-corrected chi connectivity index (χ0v) is 16.4. The molecule has 0 atom stereocenters. The van der Waals surface area contributed by atoms with Crippen LogP contribution in [-0.4, -0.2) is 20.9 Å². The van der Waals surface area contributed by atoms with Crippen molar-refractivity contribution in [2.24, 2.45) is 0 Å². The van der Waals surface area contributed by atoms with Gasteiger partial charge in [-0.1, -0.05) is 42.5 Å². The van der Waals surface area contributed by atoms with Crippen LogP contribution in [0.3, 0.4) is 0 Å². The van der Waals surface area contributed by atoms with Crippen molar-refractivity contribution < 1.29 is 13.2 Å². The first-order valence-electron chi connectivity index (χ1n) is 8.96. The molecular weight excluding hydrogens is 372 g/mol. The van der Waals surface area contributed by atoms with Crippen molar-refractivity contribution in [3.05, 3.63) is 95.6 Å². The van der Waals surface area contributed by atoms with Gasteiger partial charge < -0.3 is 5.32 Å². The standard InChI is InChI=1S/C22H22N2O3S/c1-17-7-5-6-8-18(17)15-16-23-22(25)19-11-13-21(14-12-19)28(26,27)24-20-9-3-2-4-10-20/h2-14,24H,15-16H2,1H3,(H,23,25). The highest BCUT2D eigenvalue weighted by atomic mass is 32.2. The number of carbonyl (C=O) groups excluding carboxylic acids is 1. The van der Waals surface area contributed by atoms with E-state index in [2.05, 4.69) is 10.0 Å². The molecule has 0 aliphatic rings. The zero-order chi connectivity index (χ0) is 20.0. The van der Waals surface area contributed by atoms with Crippen LogP contribution >= 0.6 is 0 Å². The van der Waals surface area contributed by atoms with E-state index in [4.69, 9.17) is 0 Å². The number of hydrogen-bond donors (Lipinski definition) is 2. The van der Waals surface area contributed by atoms with Crippen LogP contribution in [0, 0.1) is 6.92 Å². The smallest absolute Gasteiger partial charge is 0.261 e. The molecule has 0 saturated carbocycles. The number of aryl methyl sites for hydroxylation is 1. The molecule has 2 N–H and O–H groups in total. The quantitative estimate of drug-likeness (QED) is 0.641. The van der Waals surface area contributed by atoms with Gasteiger partial charge >= 0.3 is 0 Å². The van der Waals surface area contributed by atoms with E-state index < -0.39 is 10.0 Å². The van der Waals surface area contributed by atoms with Crippen LogP contribution in [0.4, 0.5) is 5.69 Å². The van der Waals surface area contributed by atoms with Crippen molar-refractivity contribution in [3.8, 4) is 0 Å². The molecule has 5 nitrogen and oxygen atoms in total. The summed E-state index contributed by atoms with van der Waals surface area (Å²) in [6.45, 7) is 2.55. The van der Waals surface area contributed by atoms with Gasteiger partial charge in [0.05, 0.1) is 4.90 Å². The van der Waals surface area contributed by atoms with Gasteiger partial charge in [0.1, 0.15) is 0 Å². The number of anilines is 1. The lowest BCUT2D eigenvalue weighted by Crippen LogP contribution is -2.26. The largest absolute Gasteiger partial charge is 0.352 e. The Morgan fingerprint density at radius 1 is 0.857 bits per heavy atom. The van der Waals surface area contributed by atoms with Crippen molar-refractivity contribution in [3.63, 3.8) is 0 Å². The molecule has 0 bridgehead atoms. The molecule has 3 rings (SSSR count). The van der Waals surface area contributed by atoms with Crippen molar-refractivity contribution in [1.82, 2.24) is 5.32 Å². The summed E-state index contributed by atoms with van der Waals surface area (Å²) < 4.78 is 27.4. The Balaban J connectivity index is 1.60. The van der Waals surface area contributed by atoms with E-state index in [1.165, 1.54) is 35.4 Å². The van der Waals surface area contributed by atoms with E-state index in [9.17, 15) is 13.2 Å². The van der Waals surface area contributed by atoms with Gasteiger partial charge in [-0.25, -0.2) is 8.42 Å². The lowest BCUT2D eigenvalue weighted by atomic mass is 10.1. The molecule has 0 aliphatic heterocycles. The van der Waals surface area contributed by atoms with Crippen molar-refractivity contribution in [2.75, 3.05) is 11.3 Å². The number of rotatable bonds is 7. The molecule has 0 fully saturated rings. The molecule has 0 heterocycles. The van der Waals surface area contributed by atoms with E-state index >= 15 is 0 Å². The fourth-order valence-corrected chi connectivity index (χ4v) is 3.87. The number of sulfonamides is 1. The highest BCUT2D eigenvalue weighted by Gasteiger charge is 2.15. The summed E-state index contributed by atoms with van der Waals surface area (Å²) in [6, 6.07) is 22.6. The topological polar surface area (TPSA) is 75.3 Å². The van der Waals surface area contributed by atoms with Crippen LogP contribution < -0.4 is 10.0 Å². The summed E-state index contributed by atoms with van der Waals surface area (Å²) in [5.74, 6) is -0.228. The lowest BCUT2D eigenvalue weighted by molar-refractivity contribution is 0.0954. The maximum Gasteiger partial charge on any atom is 0.261 e. The molecule has 28 heavy (non-hydrogen) atoms. The van der Waals surface area contributed by atoms with Crippen molar-refractivity contribution in [2.45, 2.75) is 18.2 Å². The predicted molar refractivity (Wildman–Crippen MR) is 111 cm³/mol. The van der Waals surface area contributed by atoms with Crippen LogP contribution in [0.1, 0.15) is 21.5 Å². The maximum absolute atomic E-state index is 12.4. The Hall–Kier alpha value is -3.12. The molecule has 0 spiro atoms. The average Bonchev–Trinajstić information content (AvgIpc) is 2.70. The van der Waals surface area contributed by atoms with Gasteiger partial charge in [0, 0.05) is 17.8 Å². The summed E-state index contributed by atoms with van der Waals surface area (Å²) >= 11 is 0. The Bertz CT molecular complexity index is 1050. The van der Waals surface area contributed by atoms with Gasteiger partial charge in [-0.2, -0.15) is 0 Å². The number of benzene rings is 3. The third-order valence-electron chi connectivity index (χ3n) is 4.39. The molecule has 3 aromatic carbocycles. The normalized spacial score (nSPS) is 11.0. The summed E-state index contributed by atoms with van der Waals surface area (Å²) in [5, 5.41) is 2.87. The Kier molecular flexibility index (Phi) is 6.11. The predicted octanol–water partition coefficient (Wildman–Crippen LogP) is 3.77. The van der Waals surface area contributed by atoms with E-state index in [-0.39, 0.29) is 10.8 Å². The first-order valence-corrected chi connectivity index (χ1v) is 10.4. The molecule has 0 saturated heterocycles. The molecule has 0 unspecified atom stereocenters. The van der Waals surface area contributed by atoms with Gasteiger partial charge in [0.25, 0.3) is 15.9 Å². The number of hydrogen-bond acceptors (Lipinski definition) is 3. The second kappa shape index (κ2) is 8.71. The minimum atomic E-state index is -3.70. The second-order valence-electron chi connectivity index (χ2n) is 6.43. The Labute approximate surface area is 165 Å². The Morgan fingerprint density at radius 2 is 1.50 bits per heavy atom. The number of nitrogens with one attached hydrogen (secondary N) is 2. The van der Waals surface area contributed by atoms with E-state index in [0.717, 1.165) is 6.42 Å². The second-order valence-corrected chi connectivity index (χ2v) is 8.11. The number of amides is 1. The first-order chi connectivity index (χ1) is 13.5. The molecule has 0 aliphatic carbocycles. The van der Waals surface area contributed by atoms with Gasteiger partial charge in [0.2, 0.25) is 0 Å². The van der Waals surface area contributed by atoms with Gasteiger partial charge in [0.15, 0.2) is 0 Å². The maximum atomic E-state index is 12.4. The van der Waals surface area contributed by atoms with Crippen LogP contribution in [0.15, 0.2) is 83.8 Å². The van der Waals surface area contributed by atoms with Gasteiger partial charge in [-0.15, -0.1) is 0 Å². The summed E-state index contributed by atoms with van der Waals surface area (Å²) in [5.41, 5.74) is 3.29. The minimum absolute atomic E-state index is 0.104. The molecular formula is C22H22N2O3S. The monoisotopic (exact) mass is 394 g/mol. The van der Waals surface area contributed by atoms with E-state index in [1.54, 1.807) is 24.3 Å². The molecule has 6 heteroatoms. The van der Waals surface area contributed by atoms with Gasteiger partial charge in [-0.05, 0) is 60.9 Å². The molecule has 3 aromatic rings. The number of para-hydroxylation sites is 1. The molecule has 0 aromatic heterocycles. The van der Waals surface area contributed by atoms with Gasteiger partial charge in [-0.3, -0.25) is 9.52 Å². The first kappa shape index (κ1) is 19.6. The van der Waals surface area contributed by atoms with Crippen molar-refractivity contribution in [1.29, 1.82) is 0 Å². The van der Waals surface area contributed by atoms with Crippen LogP contribution in [0.5, 0.6) is 0 Å². The molecule has 144 valence electrons. The molecule has 1 amide bonds. The summed E-state index contributed by atoms with van der Waals surface area (Å²) in [7, 11) is -3.70. The van der Waals surface area contributed by atoms with Crippen LogP contribution in [0.2, 0.25) is 0 Å². The fourth-order valence-electron chi connectivity index (χ4n) is 2.81.